The van der Waals surface area contributed by atoms with Crippen LogP contribution in [0.5, 0.6) is 5.75 Å². The molecule has 6 rings (SSSR count). The number of nitro benzene ring substituents is 1. The predicted octanol–water partition coefficient (Wildman–Crippen LogP) is 3.93. The zero-order valence-electron chi connectivity index (χ0n) is 18.4. The number of hydrogen-bond donors (Lipinski definition) is 1. The van der Waals surface area contributed by atoms with Gasteiger partial charge in [0.15, 0.2) is 4.80 Å². The van der Waals surface area contributed by atoms with E-state index < -0.39 is 11.0 Å². The predicted molar refractivity (Wildman–Crippen MR) is 134 cm³/mol. The van der Waals surface area contributed by atoms with Crippen LogP contribution >= 0.6 is 11.3 Å². The van der Waals surface area contributed by atoms with Crippen molar-refractivity contribution in [1.29, 1.82) is 0 Å². The van der Waals surface area contributed by atoms with Crippen LogP contribution in [-0.2, 0) is 6.42 Å². The molecule has 0 unspecified atom stereocenters. The largest absolute Gasteiger partial charge is 0.508 e. The summed E-state index contributed by atoms with van der Waals surface area (Å²) >= 11 is 1.28. The third-order valence-corrected chi connectivity index (χ3v) is 7.42. The van der Waals surface area contributed by atoms with Crippen molar-refractivity contribution in [2.45, 2.75) is 18.9 Å². The number of aryl methyl sites for hydroxylation is 1. The van der Waals surface area contributed by atoms with Gasteiger partial charge >= 0.3 is 0 Å². The molecule has 1 aliphatic heterocycles. The van der Waals surface area contributed by atoms with Gasteiger partial charge in [-0.15, -0.1) is 0 Å². The summed E-state index contributed by atoms with van der Waals surface area (Å²) in [5, 5.41) is 21.3. The van der Waals surface area contributed by atoms with Gasteiger partial charge in [0.05, 0.1) is 21.2 Å². The van der Waals surface area contributed by atoms with E-state index in [-0.39, 0.29) is 17.0 Å². The van der Waals surface area contributed by atoms with E-state index in [1.165, 1.54) is 23.0 Å². The lowest BCUT2D eigenvalue weighted by molar-refractivity contribution is -0.384. The number of hydrogen-bond acceptors (Lipinski definition) is 6. The standard InChI is InChI=1S/C27H19N3O4S/c31-20-9-3-5-16(13-20)14-23-26(32)29-25(18-7-4-8-19(15-18)30(33)34)22-12-11-17-6-1-2-10-21(17)24(22)28-27(29)35-23/h1-10,13-15,25,31H,11-12H2/b23-14+/t25-/m1/s1. The first-order valence-electron chi connectivity index (χ1n) is 11.2. The number of benzene rings is 3. The first-order valence-corrected chi connectivity index (χ1v) is 12.0. The van der Waals surface area contributed by atoms with Crippen LogP contribution in [0.2, 0.25) is 0 Å². The molecule has 0 saturated carbocycles. The molecule has 7 nitrogen and oxygen atoms in total. The average Bonchev–Trinajstić information content (AvgIpc) is 3.17. The number of rotatable bonds is 3. The van der Waals surface area contributed by atoms with Crippen LogP contribution in [0.3, 0.4) is 0 Å². The molecule has 3 aromatic carbocycles. The van der Waals surface area contributed by atoms with Crippen molar-refractivity contribution in [1.82, 2.24) is 4.57 Å². The maximum atomic E-state index is 13.7. The molecule has 0 saturated heterocycles. The molecule has 4 aromatic rings. The molecule has 0 amide bonds. The van der Waals surface area contributed by atoms with Crippen LogP contribution in [-0.4, -0.2) is 14.6 Å². The first-order chi connectivity index (χ1) is 17.0. The highest BCUT2D eigenvalue weighted by molar-refractivity contribution is 7.07. The lowest BCUT2D eigenvalue weighted by Gasteiger charge is -2.30. The Balaban J connectivity index is 1.64. The fraction of sp³-hybridized carbons (Fsp3) is 0.111. The molecule has 1 N–H and O–H groups in total. The highest BCUT2D eigenvalue weighted by Crippen LogP contribution is 2.41. The maximum Gasteiger partial charge on any atom is 0.271 e. The third kappa shape index (κ3) is 3.59. The lowest BCUT2D eigenvalue weighted by Crippen LogP contribution is -2.38. The molecule has 1 atom stereocenters. The molecule has 0 radical (unpaired) electrons. The van der Waals surface area contributed by atoms with Crippen molar-refractivity contribution in [3.63, 3.8) is 0 Å². The van der Waals surface area contributed by atoms with Crippen LogP contribution in [0, 0.1) is 10.1 Å². The van der Waals surface area contributed by atoms with Gasteiger partial charge in [-0.1, -0.05) is 59.9 Å². The van der Waals surface area contributed by atoms with Gasteiger partial charge in [0, 0.05) is 17.7 Å². The second-order valence-electron chi connectivity index (χ2n) is 8.56. The summed E-state index contributed by atoms with van der Waals surface area (Å²) in [4.78, 5) is 30.3. The summed E-state index contributed by atoms with van der Waals surface area (Å²) in [5.74, 6) is 0.119. The van der Waals surface area contributed by atoms with Crippen molar-refractivity contribution in [3.8, 4) is 5.75 Å². The second-order valence-corrected chi connectivity index (χ2v) is 9.57. The van der Waals surface area contributed by atoms with Gasteiger partial charge in [0.2, 0.25) is 0 Å². The van der Waals surface area contributed by atoms with E-state index in [9.17, 15) is 20.0 Å². The van der Waals surface area contributed by atoms with Crippen LogP contribution < -0.4 is 14.9 Å². The maximum absolute atomic E-state index is 13.7. The minimum Gasteiger partial charge on any atom is -0.508 e. The Labute approximate surface area is 203 Å². The van der Waals surface area contributed by atoms with Crippen molar-refractivity contribution in [2.75, 3.05) is 0 Å². The van der Waals surface area contributed by atoms with E-state index >= 15 is 0 Å². The number of thiazole rings is 1. The van der Waals surface area contributed by atoms with Gasteiger partial charge in [0.25, 0.3) is 11.2 Å². The number of phenolic OH excluding ortho intramolecular Hbond substituents is 1. The number of allylic oxidation sites excluding steroid dienone is 1. The lowest BCUT2D eigenvalue weighted by atomic mass is 9.83. The smallest absolute Gasteiger partial charge is 0.271 e. The monoisotopic (exact) mass is 481 g/mol. The topological polar surface area (TPSA) is 97.7 Å². The van der Waals surface area contributed by atoms with E-state index in [1.54, 1.807) is 41.0 Å². The summed E-state index contributed by atoms with van der Waals surface area (Å²) in [6.07, 6.45) is 3.26. The normalized spacial score (nSPS) is 16.8. The van der Waals surface area contributed by atoms with Crippen LogP contribution in [0.4, 0.5) is 5.69 Å². The summed E-state index contributed by atoms with van der Waals surface area (Å²) in [6, 6.07) is 20.8. The van der Waals surface area contributed by atoms with Gasteiger partial charge < -0.3 is 5.11 Å². The second kappa shape index (κ2) is 8.18. The van der Waals surface area contributed by atoms with Crippen molar-refractivity contribution < 1.29 is 10.0 Å². The molecule has 0 spiro atoms. The number of aromatic hydroxyl groups is 1. The minimum atomic E-state index is -0.485. The Kier molecular flexibility index (Phi) is 4.96. The molecule has 172 valence electrons. The fourth-order valence-electron chi connectivity index (χ4n) is 4.90. The Morgan fingerprint density at radius 2 is 1.89 bits per heavy atom. The third-order valence-electron chi connectivity index (χ3n) is 6.44. The van der Waals surface area contributed by atoms with E-state index in [0.29, 0.717) is 26.9 Å². The molecule has 2 heterocycles. The zero-order valence-corrected chi connectivity index (χ0v) is 19.2. The van der Waals surface area contributed by atoms with Crippen LogP contribution in [0.1, 0.15) is 34.7 Å². The number of nitro groups is 1. The Bertz CT molecular complexity index is 1730. The number of nitrogens with zero attached hydrogens (tertiary/aromatic N) is 3. The van der Waals surface area contributed by atoms with Crippen LogP contribution in [0.15, 0.2) is 88.2 Å². The Morgan fingerprint density at radius 1 is 1.06 bits per heavy atom. The zero-order chi connectivity index (χ0) is 24.1. The molecule has 35 heavy (non-hydrogen) atoms. The number of non-ortho nitro benzene ring substituents is 1. The summed E-state index contributed by atoms with van der Waals surface area (Å²) in [6.45, 7) is 0. The highest BCUT2D eigenvalue weighted by atomic mass is 32.1. The van der Waals surface area contributed by atoms with Gasteiger partial charge in [-0.2, -0.15) is 0 Å². The molecule has 1 aromatic heterocycles. The van der Waals surface area contributed by atoms with E-state index in [1.807, 2.05) is 30.3 Å². The minimum absolute atomic E-state index is 0.0141. The number of aromatic nitrogens is 1. The quantitative estimate of drug-likeness (QED) is 0.354. The van der Waals surface area contributed by atoms with Crippen molar-refractivity contribution >= 4 is 28.8 Å². The van der Waals surface area contributed by atoms with Gasteiger partial charge in [-0.25, -0.2) is 4.99 Å². The molecule has 2 aliphatic rings. The number of fused-ring (bicyclic) bond motifs is 3. The number of phenols is 1. The SMILES string of the molecule is O=c1/c(=C\c2cccc(O)c2)sc2n1[C@H](c1cccc([N+](=O)[O-])c1)C1=C(N=2)c2ccccc2CC1. The molecule has 0 bridgehead atoms. The molecular formula is C27H19N3O4S. The summed E-state index contributed by atoms with van der Waals surface area (Å²) < 4.78 is 2.14. The van der Waals surface area contributed by atoms with E-state index in [4.69, 9.17) is 4.99 Å². The Hall–Kier alpha value is -4.30. The van der Waals surface area contributed by atoms with E-state index in [0.717, 1.165) is 23.3 Å². The fourth-order valence-corrected chi connectivity index (χ4v) is 5.90. The average molecular weight is 482 g/mol. The van der Waals surface area contributed by atoms with Gasteiger partial charge in [0.1, 0.15) is 5.75 Å². The molecular weight excluding hydrogens is 462 g/mol. The van der Waals surface area contributed by atoms with Crippen molar-refractivity contribution in [3.05, 3.63) is 130 Å². The molecule has 0 fully saturated rings. The first kappa shape index (κ1) is 21.2. The van der Waals surface area contributed by atoms with Crippen molar-refractivity contribution in [2.24, 2.45) is 4.99 Å². The summed E-state index contributed by atoms with van der Waals surface area (Å²) in [7, 11) is 0. The summed E-state index contributed by atoms with van der Waals surface area (Å²) in [5.41, 5.74) is 5.23. The van der Waals surface area contributed by atoms with Crippen LogP contribution in [0.25, 0.3) is 11.8 Å². The molecule has 8 heteroatoms. The van der Waals surface area contributed by atoms with Gasteiger partial charge in [-0.05, 0) is 53.3 Å². The Morgan fingerprint density at radius 3 is 2.71 bits per heavy atom. The highest BCUT2D eigenvalue weighted by Gasteiger charge is 2.33. The van der Waals surface area contributed by atoms with Gasteiger partial charge in [-0.3, -0.25) is 19.5 Å². The van der Waals surface area contributed by atoms with E-state index in [2.05, 4.69) is 6.07 Å². The molecule has 1 aliphatic carbocycles.